The molecule has 0 fully saturated rings. The van der Waals surface area contributed by atoms with Crippen LogP contribution in [0.2, 0.25) is 0 Å². The molecule has 0 aromatic carbocycles. The molecule has 82 valence electrons. The molecule has 1 unspecified atom stereocenters. The van der Waals surface area contributed by atoms with Crippen molar-refractivity contribution in [2.75, 3.05) is 7.11 Å². The molecule has 0 saturated heterocycles. The van der Waals surface area contributed by atoms with E-state index >= 15 is 0 Å². The molecule has 0 aromatic heterocycles. The lowest BCUT2D eigenvalue weighted by molar-refractivity contribution is -0.132. The Morgan fingerprint density at radius 3 is 2.64 bits per heavy atom. The van der Waals surface area contributed by atoms with Crippen molar-refractivity contribution in [2.45, 2.75) is 45.6 Å². The van der Waals surface area contributed by atoms with Crippen LogP contribution < -0.4 is 0 Å². The highest BCUT2D eigenvalue weighted by Gasteiger charge is 2.03. The molecule has 0 saturated carbocycles. The number of rotatable bonds is 7. The third-order valence-electron chi connectivity index (χ3n) is 2.31. The number of hydrogen-bond acceptors (Lipinski definition) is 2. The maximum absolute atomic E-state index is 10.4. The Labute approximate surface area is 85.8 Å². The lowest BCUT2D eigenvalue weighted by Gasteiger charge is -2.11. The zero-order valence-corrected chi connectivity index (χ0v) is 9.25. The van der Waals surface area contributed by atoms with E-state index in [9.17, 15) is 4.79 Å². The number of allylic oxidation sites excluding steroid dienone is 1. The summed E-state index contributed by atoms with van der Waals surface area (Å²) in [5.74, 6) is -0.830. The fourth-order valence-electron chi connectivity index (χ4n) is 1.24. The maximum Gasteiger partial charge on any atom is 0.330 e. The summed E-state index contributed by atoms with van der Waals surface area (Å²) in [5.41, 5.74) is 0.426. The van der Waals surface area contributed by atoms with Crippen molar-refractivity contribution >= 4 is 5.97 Å². The van der Waals surface area contributed by atoms with E-state index in [4.69, 9.17) is 9.84 Å². The summed E-state index contributed by atoms with van der Waals surface area (Å²) in [6.07, 6.45) is 5.89. The van der Waals surface area contributed by atoms with Gasteiger partial charge in [0.2, 0.25) is 0 Å². The maximum atomic E-state index is 10.4. The van der Waals surface area contributed by atoms with Crippen molar-refractivity contribution in [1.29, 1.82) is 0 Å². The second-order valence-corrected chi connectivity index (χ2v) is 3.39. The third-order valence-corrected chi connectivity index (χ3v) is 2.31. The van der Waals surface area contributed by atoms with E-state index in [-0.39, 0.29) is 0 Å². The van der Waals surface area contributed by atoms with Crippen molar-refractivity contribution < 1.29 is 14.6 Å². The highest BCUT2D eigenvalue weighted by atomic mass is 16.5. The van der Waals surface area contributed by atoms with Gasteiger partial charge in [-0.1, -0.05) is 13.0 Å². The van der Waals surface area contributed by atoms with Crippen LogP contribution in [0.3, 0.4) is 0 Å². The van der Waals surface area contributed by atoms with Crippen LogP contribution in [0.25, 0.3) is 0 Å². The van der Waals surface area contributed by atoms with Crippen LogP contribution in [0.1, 0.15) is 39.5 Å². The van der Waals surface area contributed by atoms with Gasteiger partial charge in [0.05, 0.1) is 6.10 Å². The van der Waals surface area contributed by atoms with E-state index in [1.54, 1.807) is 20.1 Å². The molecule has 0 aromatic rings. The number of unbranched alkanes of at least 4 members (excludes halogenated alkanes) is 1. The predicted octanol–water partition coefficient (Wildman–Crippen LogP) is 2.61. The molecule has 0 heterocycles. The number of hydrogen-bond donors (Lipinski definition) is 1. The fraction of sp³-hybridized carbons (Fsp3) is 0.727. The average Bonchev–Trinajstić information content (AvgIpc) is 2.17. The van der Waals surface area contributed by atoms with Crippen molar-refractivity contribution in [3.05, 3.63) is 11.6 Å². The molecule has 0 amide bonds. The van der Waals surface area contributed by atoms with Crippen LogP contribution in [-0.4, -0.2) is 24.3 Å². The first-order valence-electron chi connectivity index (χ1n) is 5.04. The van der Waals surface area contributed by atoms with E-state index in [1.165, 1.54) is 0 Å². The molecule has 0 aliphatic rings. The lowest BCUT2D eigenvalue weighted by Crippen LogP contribution is -2.08. The highest BCUT2D eigenvalue weighted by Crippen LogP contribution is 2.09. The number of carboxylic acids is 1. The van der Waals surface area contributed by atoms with Crippen molar-refractivity contribution in [3.63, 3.8) is 0 Å². The second-order valence-electron chi connectivity index (χ2n) is 3.39. The normalized spacial score (nSPS) is 14.1. The molecule has 0 bridgehead atoms. The Balaban J connectivity index is 3.64. The molecular formula is C11H20O3. The van der Waals surface area contributed by atoms with Gasteiger partial charge in [-0.15, -0.1) is 0 Å². The van der Waals surface area contributed by atoms with Crippen molar-refractivity contribution in [2.24, 2.45) is 0 Å². The van der Waals surface area contributed by atoms with Gasteiger partial charge in [-0.25, -0.2) is 4.79 Å². The van der Waals surface area contributed by atoms with Gasteiger partial charge < -0.3 is 9.84 Å². The van der Waals surface area contributed by atoms with Gasteiger partial charge >= 0.3 is 5.97 Å². The summed E-state index contributed by atoms with van der Waals surface area (Å²) >= 11 is 0. The van der Waals surface area contributed by atoms with Crippen LogP contribution in [0.5, 0.6) is 0 Å². The molecule has 0 rings (SSSR count). The fourth-order valence-corrected chi connectivity index (χ4v) is 1.24. The second kappa shape index (κ2) is 7.56. The van der Waals surface area contributed by atoms with Crippen molar-refractivity contribution in [3.8, 4) is 0 Å². The highest BCUT2D eigenvalue weighted by molar-refractivity contribution is 5.85. The summed E-state index contributed by atoms with van der Waals surface area (Å²) in [6.45, 7) is 3.71. The van der Waals surface area contributed by atoms with Crippen molar-refractivity contribution in [1.82, 2.24) is 0 Å². The van der Waals surface area contributed by atoms with Gasteiger partial charge in [0.15, 0.2) is 0 Å². The summed E-state index contributed by atoms with van der Waals surface area (Å²) < 4.78 is 5.22. The molecule has 0 aliphatic carbocycles. The molecule has 3 nitrogen and oxygen atoms in total. The van der Waals surface area contributed by atoms with E-state index in [2.05, 4.69) is 6.92 Å². The minimum Gasteiger partial charge on any atom is -0.478 e. The first-order chi connectivity index (χ1) is 6.61. The summed E-state index contributed by atoms with van der Waals surface area (Å²) in [7, 11) is 1.71. The first kappa shape index (κ1) is 13.2. The molecule has 14 heavy (non-hydrogen) atoms. The standard InChI is InChI=1S/C11H20O3/c1-4-10(14-3)8-6-5-7-9(2)11(12)13/h7,10H,4-6,8H2,1-3H3,(H,12,13). The predicted molar refractivity (Wildman–Crippen MR) is 56.3 cm³/mol. The Bertz CT molecular complexity index is 193. The minimum atomic E-state index is -0.830. The number of aliphatic carboxylic acids is 1. The molecule has 0 aliphatic heterocycles. The van der Waals surface area contributed by atoms with Crippen LogP contribution >= 0.6 is 0 Å². The number of ether oxygens (including phenoxy) is 1. The zero-order chi connectivity index (χ0) is 11.0. The first-order valence-corrected chi connectivity index (χ1v) is 5.04. The van der Waals surface area contributed by atoms with Gasteiger partial charge in [-0.05, 0) is 32.6 Å². The molecular weight excluding hydrogens is 180 g/mol. The molecule has 0 radical (unpaired) electrons. The number of carboxylic acid groups (broad SMARTS) is 1. The smallest absolute Gasteiger partial charge is 0.330 e. The van der Waals surface area contributed by atoms with Crippen LogP contribution in [0.4, 0.5) is 0 Å². The number of methoxy groups -OCH3 is 1. The minimum absolute atomic E-state index is 0.313. The average molecular weight is 200 g/mol. The van der Waals surface area contributed by atoms with Gasteiger partial charge in [0.25, 0.3) is 0 Å². The van der Waals surface area contributed by atoms with Gasteiger partial charge in [0.1, 0.15) is 0 Å². The van der Waals surface area contributed by atoms with Crippen LogP contribution in [-0.2, 0) is 9.53 Å². The Kier molecular flexibility index (Phi) is 7.11. The van der Waals surface area contributed by atoms with Crippen LogP contribution in [0.15, 0.2) is 11.6 Å². The monoisotopic (exact) mass is 200 g/mol. The quantitative estimate of drug-likeness (QED) is 0.507. The summed E-state index contributed by atoms with van der Waals surface area (Å²) in [6, 6.07) is 0. The van der Waals surface area contributed by atoms with E-state index in [1.807, 2.05) is 0 Å². The van der Waals surface area contributed by atoms with E-state index in [0.717, 1.165) is 25.7 Å². The summed E-state index contributed by atoms with van der Waals surface area (Å²) in [4.78, 5) is 10.4. The Morgan fingerprint density at radius 1 is 1.57 bits per heavy atom. The molecule has 1 atom stereocenters. The Hall–Kier alpha value is -0.830. The zero-order valence-electron chi connectivity index (χ0n) is 9.25. The Morgan fingerprint density at radius 2 is 2.21 bits per heavy atom. The topological polar surface area (TPSA) is 46.5 Å². The molecule has 0 spiro atoms. The molecule has 1 N–H and O–H groups in total. The van der Waals surface area contributed by atoms with Crippen LogP contribution in [0, 0.1) is 0 Å². The number of carbonyl (C=O) groups is 1. The lowest BCUT2D eigenvalue weighted by atomic mass is 10.1. The van der Waals surface area contributed by atoms with Gasteiger partial charge in [-0.3, -0.25) is 0 Å². The SMILES string of the molecule is CCC(CCCC=C(C)C(=O)O)OC. The van der Waals surface area contributed by atoms with Gasteiger partial charge in [-0.2, -0.15) is 0 Å². The van der Waals surface area contributed by atoms with E-state index < -0.39 is 5.97 Å². The van der Waals surface area contributed by atoms with Gasteiger partial charge in [0, 0.05) is 12.7 Å². The third kappa shape index (κ3) is 5.75. The largest absolute Gasteiger partial charge is 0.478 e. The summed E-state index contributed by atoms with van der Waals surface area (Å²) in [5, 5.41) is 8.59. The van der Waals surface area contributed by atoms with E-state index in [0.29, 0.717) is 11.7 Å². The molecule has 3 heteroatoms.